The van der Waals surface area contributed by atoms with Crippen molar-refractivity contribution in [3.63, 3.8) is 0 Å². The van der Waals surface area contributed by atoms with E-state index in [0.29, 0.717) is 10.9 Å². The highest BCUT2D eigenvalue weighted by Gasteiger charge is 2.29. The molecule has 1 aliphatic heterocycles. The van der Waals surface area contributed by atoms with Crippen molar-refractivity contribution in [3.8, 4) is 5.75 Å². The van der Waals surface area contributed by atoms with Crippen LogP contribution in [0, 0.1) is 5.82 Å². The van der Waals surface area contributed by atoms with Gasteiger partial charge in [-0.25, -0.2) is 4.39 Å². The SMILES string of the molecule is NNC(Cc1ccc(F)c(Br)c1)C1Cc2ccccc2O1. The summed E-state index contributed by atoms with van der Waals surface area (Å²) in [6, 6.07) is 13.0. The number of nitrogens with two attached hydrogens (primary N) is 1. The van der Waals surface area contributed by atoms with Gasteiger partial charge in [-0.05, 0) is 51.7 Å². The number of halogens is 2. The molecule has 0 saturated carbocycles. The monoisotopic (exact) mass is 350 g/mol. The first-order valence-electron chi connectivity index (χ1n) is 6.82. The van der Waals surface area contributed by atoms with Gasteiger partial charge in [-0.15, -0.1) is 0 Å². The molecule has 2 atom stereocenters. The number of para-hydroxylation sites is 1. The zero-order chi connectivity index (χ0) is 14.8. The molecular weight excluding hydrogens is 335 g/mol. The van der Waals surface area contributed by atoms with Crippen LogP contribution in [0.15, 0.2) is 46.9 Å². The average Bonchev–Trinajstić information content (AvgIpc) is 2.92. The number of hydrogen-bond donors (Lipinski definition) is 2. The molecule has 0 radical (unpaired) electrons. The van der Waals surface area contributed by atoms with E-state index in [9.17, 15) is 4.39 Å². The van der Waals surface area contributed by atoms with E-state index < -0.39 is 0 Å². The smallest absolute Gasteiger partial charge is 0.137 e. The second-order valence-corrected chi connectivity index (χ2v) is 6.05. The Morgan fingerprint density at radius 2 is 2.14 bits per heavy atom. The lowest BCUT2D eigenvalue weighted by molar-refractivity contribution is 0.177. The molecule has 0 aromatic heterocycles. The van der Waals surface area contributed by atoms with E-state index in [-0.39, 0.29) is 18.0 Å². The molecule has 1 aliphatic rings. The molecule has 1 heterocycles. The minimum atomic E-state index is -0.263. The molecule has 3 N–H and O–H groups in total. The van der Waals surface area contributed by atoms with Gasteiger partial charge in [-0.2, -0.15) is 0 Å². The van der Waals surface area contributed by atoms with Gasteiger partial charge in [0, 0.05) is 6.42 Å². The first-order chi connectivity index (χ1) is 10.2. The minimum absolute atomic E-state index is 0.0174. The Kier molecular flexibility index (Phi) is 4.24. The molecule has 3 rings (SSSR count). The van der Waals surface area contributed by atoms with Crippen molar-refractivity contribution in [3.05, 3.63) is 63.9 Å². The van der Waals surface area contributed by atoms with Crippen molar-refractivity contribution in [1.29, 1.82) is 0 Å². The van der Waals surface area contributed by atoms with Crippen LogP contribution in [0.3, 0.4) is 0 Å². The maximum atomic E-state index is 13.3. The van der Waals surface area contributed by atoms with Crippen LogP contribution in [0.2, 0.25) is 0 Å². The molecule has 2 aromatic carbocycles. The number of hydrogen-bond acceptors (Lipinski definition) is 3. The molecule has 0 bridgehead atoms. The van der Waals surface area contributed by atoms with Crippen molar-refractivity contribution in [2.75, 3.05) is 0 Å². The fraction of sp³-hybridized carbons (Fsp3) is 0.250. The molecule has 3 nitrogen and oxygen atoms in total. The van der Waals surface area contributed by atoms with Crippen LogP contribution in [0.4, 0.5) is 4.39 Å². The highest BCUT2D eigenvalue weighted by atomic mass is 79.9. The Morgan fingerprint density at radius 1 is 1.33 bits per heavy atom. The van der Waals surface area contributed by atoms with Gasteiger partial charge >= 0.3 is 0 Å². The Hall–Kier alpha value is -1.43. The Morgan fingerprint density at radius 3 is 2.86 bits per heavy atom. The zero-order valence-electron chi connectivity index (χ0n) is 11.4. The van der Waals surface area contributed by atoms with Gasteiger partial charge in [0.2, 0.25) is 0 Å². The van der Waals surface area contributed by atoms with Gasteiger partial charge in [-0.1, -0.05) is 24.3 Å². The third-order valence-corrected chi connectivity index (χ3v) is 4.38. The lowest BCUT2D eigenvalue weighted by atomic mass is 9.98. The molecule has 2 unspecified atom stereocenters. The van der Waals surface area contributed by atoms with Crippen LogP contribution in [-0.4, -0.2) is 12.1 Å². The molecule has 2 aromatic rings. The molecule has 0 saturated heterocycles. The maximum absolute atomic E-state index is 13.3. The third-order valence-electron chi connectivity index (χ3n) is 3.77. The first kappa shape index (κ1) is 14.5. The molecular formula is C16H16BrFN2O. The number of rotatable bonds is 4. The molecule has 5 heteroatoms. The number of benzene rings is 2. The third kappa shape index (κ3) is 3.10. The Labute approximate surface area is 131 Å². The first-order valence-corrected chi connectivity index (χ1v) is 7.61. The van der Waals surface area contributed by atoms with E-state index in [1.165, 1.54) is 11.6 Å². The molecule has 110 valence electrons. The summed E-state index contributed by atoms with van der Waals surface area (Å²) >= 11 is 3.21. The maximum Gasteiger partial charge on any atom is 0.137 e. The van der Waals surface area contributed by atoms with Crippen LogP contribution in [-0.2, 0) is 12.8 Å². The summed E-state index contributed by atoms with van der Waals surface area (Å²) < 4.78 is 19.7. The van der Waals surface area contributed by atoms with Gasteiger partial charge in [-0.3, -0.25) is 11.3 Å². The molecule has 21 heavy (non-hydrogen) atoms. The van der Waals surface area contributed by atoms with Crippen LogP contribution in [0.5, 0.6) is 5.75 Å². The largest absolute Gasteiger partial charge is 0.488 e. The predicted octanol–water partition coefficient (Wildman–Crippen LogP) is 2.97. The highest BCUT2D eigenvalue weighted by Crippen LogP contribution is 2.30. The summed E-state index contributed by atoms with van der Waals surface area (Å²) in [5.74, 6) is 6.34. The zero-order valence-corrected chi connectivity index (χ0v) is 12.9. The van der Waals surface area contributed by atoms with E-state index in [1.807, 2.05) is 18.2 Å². The van der Waals surface area contributed by atoms with Crippen LogP contribution in [0.1, 0.15) is 11.1 Å². The van der Waals surface area contributed by atoms with E-state index in [1.54, 1.807) is 12.1 Å². The second kappa shape index (κ2) is 6.13. The van der Waals surface area contributed by atoms with Gasteiger partial charge in [0.25, 0.3) is 0 Å². The van der Waals surface area contributed by atoms with Gasteiger partial charge < -0.3 is 4.74 Å². The fourth-order valence-electron chi connectivity index (χ4n) is 2.65. The number of hydrazine groups is 1. The van der Waals surface area contributed by atoms with Crippen molar-refractivity contribution >= 4 is 15.9 Å². The fourth-order valence-corrected chi connectivity index (χ4v) is 3.08. The van der Waals surface area contributed by atoms with Gasteiger partial charge in [0.1, 0.15) is 17.7 Å². The minimum Gasteiger partial charge on any atom is -0.488 e. The van der Waals surface area contributed by atoms with E-state index in [2.05, 4.69) is 27.4 Å². The molecule has 0 aliphatic carbocycles. The lowest BCUT2D eigenvalue weighted by Crippen LogP contribution is -2.47. The quantitative estimate of drug-likeness (QED) is 0.658. The number of nitrogens with one attached hydrogen (secondary N) is 1. The molecule has 0 amide bonds. The standard InChI is InChI=1S/C16H16BrFN2O/c17-12-7-10(5-6-13(12)18)8-14(20-19)16-9-11-3-1-2-4-15(11)21-16/h1-7,14,16,20H,8-9,19H2. The van der Waals surface area contributed by atoms with E-state index >= 15 is 0 Å². The lowest BCUT2D eigenvalue weighted by Gasteiger charge is -2.22. The van der Waals surface area contributed by atoms with Crippen molar-refractivity contribution in [2.45, 2.75) is 25.0 Å². The summed E-state index contributed by atoms with van der Waals surface area (Å²) in [6.45, 7) is 0. The van der Waals surface area contributed by atoms with Crippen molar-refractivity contribution < 1.29 is 9.13 Å². The normalized spacial score (nSPS) is 18.1. The topological polar surface area (TPSA) is 47.3 Å². The summed E-state index contributed by atoms with van der Waals surface area (Å²) in [4.78, 5) is 0. The van der Waals surface area contributed by atoms with E-state index in [4.69, 9.17) is 10.6 Å². The van der Waals surface area contributed by atoms with Crippen LogP contribution < -0.4 is 16.0 Å². The van der Waals surface area contributed by atoms with Gasteiger partial charge in [0.05, 0.1) is 10.5 Å². The summed E-state index contributed by atoms with van der Waals surface area (Å²) in [5, 5.41) is 0. The summed E-state index contributed by atoms with van der Waals surface area (Å²) in [5.41, 5.74) is 5.03. The van der Waals surface area contributed by atoms with Crippen LogP contribution in [0.25, 0.3) is 0 Å². The Bertz CT molecular complexity index is 625. The van der Waals surface area contributed by atoms with Crippen molar-refractivity contribution in [1.82, 2.24) is 5.43 Å². The number of ether oxygens (including phenoxy) is 1. The predicted molar refractivity (Wildman–Crippen MR) is 83.5 cm³/mol. The second-order valence-electron chi connectivity index (χ2n) is 5.19. The van der Waals surface area contributed by atoms with Gasteiger partial charge in [0.15, 0.2) is 0 Å². The Balaban J connectivity index is 1.73. The van der Waals surface area contributed by atoms with E-state index in [0.717, 1.165) is 17.7 Å². The molecule has 0 spiro atoms. The highest BCUT2D eigenvalue weighted by molar-refractivity contribution is 9.10. The van der Waals surface area contributed by atoms with Crippen LogP contribution >= 0.6 is 15.9 Å². The summed E-state index contributed by atoms with van der Waals surface area (Å²) in [6.07, 6.45) is 1.48. The average molecular weight is 351 g/mol. The molecule has 0 fully saturated rings. The summed E-state index contributed by atoms with van der Waals surface area (Å²) in [7, 11) is 0. The number of fused-ring (bicyclic) bond motifs is 1. The van der Waals surface area contributed by atoms with Crippen molar-refractivity contribution in [2.24, 2.45) is 5.84 Å².